The zero-order chi connectivity index (χ0) is 15.2. The van der Waals surface area contributed by atoms with E-state index in [0.717, 1.165) is 10.7 Å². The Hall–Kier alpha value is -1.64. The van der Waals surface area contributed by atoms with Crippen LogP contribution in [0.4, 0.5) is 5.69 Å². The summed E-state index contributed by atoms with van der Waals surface area (Å²) in [6.45, 7) is 1.69. The van der Waals surface area contributed by atoms with Crippen molar-refractivity contribution >= 4 is 21.6 Å². The first-order chi connectivity index (χ1) is 9.41. The Labute approximate surface area is 118 Å². The first-order valence-corrected chi connectivity index (χ1v) is 7.64. The van der Waals surface area contributed by atoms with Crippen molar-refractivity contribution in [3.8, 4) is 0 Å². The van der Waals surface area contributed by atoms with E-state index in [2.05, 4.69) is 0 Å². The number of sulfonamides is 1. The molecule has 0 aliphatic rings. The first-order valence-electron chi connectivity index (χ1n) is 6.20. The quantitative estimate of drug-likeness (QED) is 0.387. The van der Waals surface area contributed by atoms with Gasteiger partial charge < -0.3 is 5.73 Å². The molecule has 4 N–H and O–H groups in total. The van der Waals surface area contributed by atoms with Gasteiger partial charge in [-0.05, 0) is 30.7 Å². The van der Waals surface area contributed by atoms with E-state index in [1.165, 1.54) is 29.7 Å². The molecule has 1 aromatic rings. The third kappa shape index (κ3) is 4.19. The van der Waals surface area contributed by atoms with Crippen LogP contribution in [-0.4, -0.2) is 36.9 Å². The molecule has 0 bridgehead atoms. The van der Waals surface area contributed by atoms with E-state index in [1.54, 1.807) is 0 Å². The molecule has 0 aromatic heterocycles. The SMILES string of the molecule is CCCCN(CC(=O)NO)S(=O)(=O)c1ccc(N)cc1. The van der Waals surface area contributed by atoms with Crippen LogP contribution < -0.4 is 11.2 Å². The molecular formula is C12H19N3O4S. The molecule has 0 saturated heterocycles. The molecule has 0 unspecified atom stereocenters. The summed E-state index contributed by atoms with van der Waals surface area (Å²) in [5.74, 6) is -0.778. The molecule has 1 aromatic carbocycles. The number of hydroxylamine groups is 1. The van der Waals surface area contributed by atoms with Gasteiger partial charge in [0, 0.05) is 12.2 Å². The van der Waals surface area contributed by atoms with Gasteiger partial charge in [0.05, 0.1) is 11.4 Å². The Bertz CT molecular complexity index is 542. The van der Waals surface area contributed by atoms with Crippen LogP contribution in [-0.2, 0) is 14.8 Å². The van der Waals surface area contributed by atoms with Crippen molar-refractivity contribution in [1.82, 2.24) is 9.79 Å². The van der Waals surface area contributed by atoms with Crippen molar-refractivity contribution in [2.75, 3.05) is 18.8 Å². The summed E-state index contributed by atoms with van der Waals surface area (Å²) >= 11 is 0. The third-order valence-electron chi connectivity index (χ3n) is 2.72. The predicted octanol–water partition coefficient (Wildman–Crippen LogP) is 0.565. The number of unbranched alkanes of at least 4 members (excludes halogenated alkanes) is 1. The molecule has 0 heterocycles. The van der Waals surface area contributed by atoms with E-state index in [9.17, 15) is 13.2 Å². The van der Waals surface area contributed by atoms with Crippen molar-refractivity contribution in [2.45, 2.75) is 24.7 Å². The molecule has 0 aliphatic carbocycles. The Morgan fingerprint density at radius 3 is 2.45 bits per heavy atom. The normalized spacial score (nSPS) is 11.6. The predicted molar refractivity (Wildman–Crippen MR) is 74.5 cm³/mol. The van der Waals surface area contributed by atoms with Gasteiger partial charge in [0.2, 0.25) is 10.0 Å². The molecule has 0 aliphatic heterocycles. The van der Waals surface area contributed by atoms with Crippen LogP contribution in [0, 0.1) is 0 Å². The lowest BCUT2D eigenvalue weighted by atomic mass is 10.3. The summed E-state index contributed by atoms with van der Waals surface area (Å²) < 4.78 is 25.9. The summed E-state index contributed by atoms with van der Waals surface area (Å²) in [7, 11) is -3.79. The molecule has 112 valence electrons. The molecule has 0 spiro atoms. The minimum Gasteiger partial charge on any atom is -0.399 e. The van der Waals surface area contributed by atoms with Gasteiger partial charge in [-0.2, -0.15) is 4.31 Å². The van der Waals surface area contributed by atoms with Gasteiger partial charge >= 0.3 is 0 Å². The van der Waals surface area contributed by atoms with Crippen LogP contribution in [0.5, 0.6) is 0 Å². The van der Waals surface area contributed by atoms with Gasteiger partial charge in [-0.1, -0.05) is 13.3 Å². The highest BCUT2D eigenvalue weighted by Crippen LogP contribution is 2.17. The van der Waals surface area contributed by atoms with Crippen LogP contribution in [0.3, 0.4) is 0 Å². The summed E-state index contributed by atoms with van der Waals surface area (Å²) in [5, 5.41) is 8.54. The van der Waals surface area contributed by atoms with Crippen molar-refractivity contribution in [1.29, 1.82) is 0 Å². The molecular weight excluding hydrogens is 282 g/mol. The second-order valence-electron chi connectivity index (χ2n) is 4.30. The van der Waals surface area contributed by atoms with Gasteiger partial charge in [-0.15, -0.1) is 0 Å². The number of carbonyl (C=O) groups is 1. The second-order valence-corrected chi connectivity index (χ2v) is 6.23. The Kier molecular flexibility index (Phi) is 5.93. The molecule has 1 rings (SSSR count). The highest BCUT2D eigenvalue weighted by atomic mass is 32.2. The summed E-state index contributed by atoms with van der Waals surface area (Å²) in [5.41, 5.74) is 7.42. The monoisotopic (exact) mass is 301 g/mol. The molecule has 0 radical (unpaired) electrons. The average Bonchev–Trinajstić information content (AvgIpc) is 2.43. The number of anilines is 1. The van der Waals surface area contributed by atoms with E-state index in [0.29, 0.717) is 12.1 Å². The number of benzene rings is 1. The first kappa shape index (κ1) is 16.4. The summed E-state index contributed by atoms with van der Waals surface area (Å²) in [6.07, 6.45) is 1.40. The van der Waals surface area contributed by atoms with Gasteiger partial charge in [0.15, 0.2) is 0 Å². The van der Waals surface area contributed by atoms with Crippen molar-refractivity contribution in [3.05, 3.63) is 24.3 Å². The maximum atomic E-state index is 12.4. The highest BCUT2D eigenvalue weighted by molar-refractivity contribution is 7.89. The Morgan fingerprint density at radius 1 is 1.35 bits per heavy atom. The van der Waals surface area contributed by atoms with Gasteiger partial charge in [-0.3, -0.25) is 10.0 Å². The van der Waals surface area contributed by atoms with Crippen molar-refractivity contribution < 1.29 is 18.4 Å². The maximum Gasteiger partial charge on any atom is 0.258 e. The lowest BCUT2D eigenvalue weighted by Crippen LogP contribution is -2.40. The highest BCUT2D eigenvalue weighted by Gasteiger charge is 2.25. The van der Waals surface area contributed by atoms with Crippen LogP contribution in [0.1, 0.15) is 19.8 Å². The topological polar surface area (TPSA) is 113 Å². The number of nitrogens with two attached hydrogens (primary N) is 1. The van der Waals surface area contributed by atoms with E-state index >= 15 is 0 Å². The van der Waals surface area contributed by atoms with E-state index < -0.39 is 22.5 Å². The van der Waals surface area contributed by atoms with E-state index in [1.807, 2.05) is 6.92 Å². The number of hydrogen-bond acceptors (Lipinski definition) is 5. The number of carbonyl (C=O) groups excluding carboxylic acids is 1. The van der Waals surface area contributed by atoms with E-state index in [4.69, 9.17) is 10.9 Å². The smallest absolute Gasteiger partial charge is 0.258 e. The standard InChI is InChI=1S/C12H19N3O4S/c1-2-3-8-15(9-12(16)14-17)20(18,19)11-6-4-10(13)5-7-11/h4-7,17H,2-3,8-9,13H2,1H3,(H,14,16). The van der Waals surface area contributed by atoms with Crippen molar-refractivity contribution in [2.24, 2.45) is 0 Å². The molecule has 20 heavy (non-hydrogen) atoms. The van der Waals surface area contributed by atoms with Crippen LogP contribution in [0.25, 0.3) is 0 Å². The molecule has 7 nitrogen and oxygen atoms in total. The van der Waals surface area contributed by atoms with Crippen LogP contribution in [0.15, 0.2) is 29.2 Å². The number of amides is 1. The molecule has 8 heteroatoms. The molecule has 0 saturated carbocycles. The number of rotatable bonds is 7. The Balaban J connectivity index is 3.03. The second kappa shape index (κ2) is 7.22. The van der Waals surface area contributed by atoms with Gasteiger partial charge in [-0.25, -0.2) is 13.9 Å². The molecule has 1 amide bonds. The summed E-state index contributed by atoms with van der Waals surface area (Å²) in [4.78, 5) is 11.3. The number of nitrogens with zero attached hydrogens (tertiary/aromatic N) is 1. The zero-order valence-corrected chi connectivity index (χ0v) is 12.1. The number of nitrogens with one attached hydrogen (secondary N) is 1. The fourth-order valence-corrected chi connectivity index (χ4v) is 3.04. The van der Waals surface area contributed by atoms with Crippen LogP contribution in [0.2, 0.25) is 0 Å². The fraction of sp³-hybridized carbons (Fsp3) is 0.417. The van der Waals surface area contributed by atoms with Gasteiger partial charge in [0.25, 0.3) is 5.91 Å². The maximum absolute atomic E-state index is 12.4. The Morgan fingerprint density at radius 2 is 1.95 bits per heavy atom. The van der Waals surface area contributed by atoms with Crippen molar-refractivity contribution in [3.63, 3.8) is 0 Å². The number of nitrogen functional groups attached to an aromatic ring is 1. The zero-order valence-electron chi connectivity index (χ0n) is 11.2. The summed E-state index contributed by atoms with van der Waals surface area (Å²) in [6, 6.07) is 5.74. The lowest BCUT2D eigenvalue weighted by Gasteiger charge is -2.21. The minimum atomic E-state index is -3.79. The third-order valence-corrected chi connectivity index (χ3v) is 4.58. The van der Waals surface area contributed by atoms with Crippen LogP contribution >= 0.6 is 0 Å². The largest absolute Gasteiger partial charge is 0.399 e. The lowest BCUT2D eigenvalue weighted by molar-refractivity contribution is -0.129. The molecule has 0 atom stereocenters. The van der Waals surface area contributed by atoms with E-state index in [-0.39, 0.29) is 11.4 Å². The molecule has 0 fully saturated rings. The fourth-order valence-electron chi connectivity index (χ4n) is 1.60. The average molecular weight is 301 g/mol. The number of hydrogen-bond donors (Lipinski definition) is 3. The van der Waals surface area contributed by atoms with Gasteiger partial charge in [0.1, 0.15) is 0 Å². The minimum absolute atomic E-state index is 0.0635.